The van der Waals surface area contributed by atoms with Gasteiger partial charge in [-0.3, -0.25) is 4.79 Å². The van der Waals surface area contributed by atoms with Crippen LogP contribution in [0.25, 0.3) is 0 Å². The Labute approximate surface area is 69.3 Å². The molecule has 0 bridgehead atoms. The lowest BCUT2D eigenvalue weighted by molar-refractivity contribution is 0.0983. The van der Waals surface area contributed by atoms with Crippen LogP contribution in [-0.4, -0.2) is 10.8 Å². The highest BCUT2D eigenvalue weighted by Gasteiger charge is 2.11. The number of nitrogens with two attached hydrogens (primary N) is 1. The maximum Gasteiger partial charge on any atom is 0.182 e. The van der Waals surface area contributed by atoms with E-state index in [4.69, 9.17) is 5.73 Å². The normalized spacial score (nSPS) is 10.0. The Bertz CT molecular complexity index is 280. The first-order valence-corrected chi connectivity index (χ1v) is 4.23. The lowest BCUT2D eigenvalue weighted by Gasteiger charge is -1.90. The van der Waals surface area contributed by atoms with Crippen LogP contribution in [0, 0.1) is 6.92 Å². The molecule has 60 valence electrons. The fourth-order valence-corrected chi connectivity index (χ4v) is 1.55. The highest BCUT2D eigenvalue weighted by atomic mass is 32.1. The molecule has 0 fully saturated rings. The number of thiazole rings is 1. The molecule has 0 aliphatic rings. The van der Waals surface area contributed by atoms with Crippen LogP contribution in [-0.2, 0) is 0 Å². The van der Waals surface area contributed by atoms with Gasteiger partial charge in [0.1, 0.15) is 5.69 Å². The van der Waals surface area contributed by atoms with Crippen LogP contribution in [0.2, 0.25) is 0 Å². The number of ketones is 1. The molecule has 11 heavy (non-hydrogen) atoms. The fraction of sp³-hybridized carbons (Fsp3) is 0.429. The average Bonchev–Trinajstić information content (AvgIpc) is 2.28. The van der Waals surface area contributed by atoms with Crippen LogP contribution in [0.3, 0.4) is 0 Å². The van der Waals surface area contributed by atoms with Crippen molar-refractivity contribution in [2.45, 2.75) is 20.3 Å². The Morgan fingerprint density at radius 3 is 2.73 bits per heavy atom. The molecule has 0 amide bonds. The SMILES string of the molecule is CCC(=O)c1nc(N)sc1C. The number of anilines is 1. The summed E-state index contributed by atoms with van der Waals surface area (Å²) in [7, 11) is 0. The minimum Gasteiger partial charge on any atom is -0.375 e. The molecule has 3 nitrogen and oxygen atoms in total. The molecule has 1 aromatic rings. The van der Waals surface area contributed by atoms with Crippen molar-refractivity contribution in [3.05, 3.63) is 10.6 Å². The molecule has 0 radical (unpaired) electrons. The quantitative estimate of drug-likeness (QED) is 0.686. The van der Waals surface area contributed by atoms with E-state index < -0.39 is 0 Å². The molecule has 0 atom stereocenters. The molecule has 4 heteroatoms. The predicted octanol–water partition coefficient (Wildman–Crippen LogP) is 1.63. The molecular formula is C7H10N2OS. The monoisotopic (exact) mass is 170 g/mol. The molecule has 0 aliphatic carbocycles. The Morgan fingerprint density at radius 2 is 2.36 bits per heavy atom. The van der Waals surface area contributed by atoms with Crippen molar-refractivity contribution >= 4 is 22.3 Å². The second kappa shape index (κ2) is 3.00. The summed E-state index contributed by atoms with van der Waals surface area (Å²) in [6.07, 6.45) is 0.490. The number of carbonyl (C=O) groups excluding carboxylic acids is 1. The molecule has 1 heterocycles. The zero-order chi connectivity index (χ0) is 8.43. The van der Waals surface area contributed by atoms with Crippen LogP contribution >= 0.6 is 11.3 Å². The Balaban J connectivity index is 3.03. The van der Waals surface area contributed by atoms with Gasteiger partial charge in [0.25, 0.3) is 0 Å². The van der Waals surface area contributed by atoms with Crippen LogP contribution < -0.4 is 5.73 Å². The molecule has 0 aromatic carbocycles. The van der Waals surface area contributed by atoms with E-state index >= 15 is 0 Å². The lowest BCUT2D eigenvalue weighted by atomic mass is 10.2. The second-order valence-corrected chi connectivity index (χ2v) is 3.47. The lowest BCUT2D eigenvalue weighted by Crippen LogP contribution is -1.99. The molecular weight excluding hydrogens is 160 g/mol. The van der Waals surface area contributed by atoms with Crippen LogP contribution in [0.5, 0.6) is 0 Å². The third-order valence-corrected chi connectivity index (χ3v) is 2.20. The van der Waals surface area contributed by atoms with E-state index in [1.807, 2.05) is 13.8 Å². The van der Waals surface area contributed by atoms with Crippen molar-refractivity contribution in [2.24, 2.45) is 0 Å². The summed E-state index contributed by atoms with van der Waals surface area (Å²) in [6, 6.07) is 0. The predicted molar refractivity (Wildman–Crippen MR) is 45.9 cm³/mol. The smallest absolute Gasteiger partial charge is 0.182 e. The third-order valence-electron chi connectivity index (χ3n) is 1.40. The van der Waals surface area contributed by atoms with Crippen molar-refractivity contribution in [3.8, 4) is 0 Å². The van der Waals surface area contributed by atoms with Crippen molar-refractivity contribution in [1.82, 2.24) is 4.98 Å². The number of Topliss-reactive ketones (excluding diaryl/α,β-unsaturated/α-hetero) is 1. The fourth-order valence-electron chi connectivity index (χ4n) is 0.843. The zero-order valence-electron chi connectivity index (χ0n) is 6.55. The molecule has 1 rings (SSSR count). The molecule has 1 aromatic heterocycles. The maximum absolute atomic E-state index is 11.1. The first kappa shape index (κ1) is 8.20. The van der Waals surface area contributed by atoms with Crippen molar-refractivity contribution in [2.75, 3.05) is 5.73 Å². The van der Waals surface area contributed by atoms with E-state index in [0.29, 0.717) is 17.2 Å². The van der Waals surface area contributed by atoms with Gasteiger partial charge in [-0.1, -0.05) is 6.92 Å². The number of nitrogens with zero attached hydrogens (tertiary/aromatic N) is 1. The van der Waals surface area contributed by atoms with E-state index in [0.717, 1.165) is 4.88 Å². The summed E-state index contributed by atoms with van der Waals surface area (Å²) >= 11 is 1.36. The summed E-state index contributed by atoms with van der Waals surface area (Å²) in [5, 5.41) is 0.472. The van der Waals surface area contributed by atoms with Gasteiger partial charge in [0, 0.05) is 11.3 Å². The zero-order valence-corrected chi connectivity index (χ0v) is 7.36. The van der Waals surface area contributed by atoms with Gasteiger partial charge in [0.2, 0.25) is 0 Å². The van der Waals surface area contributed by atoms with Gasteiger partial charge in [-0.05, 0) is 6.92 Å². The number of carbonyl (C=O) groups is 1. The minimum absolute atomic E-state index is 0.0652. The number of hydrogen-bond donors (Lipinski definition) is 1. The summed E-state index contributed by atoms with van der Waals surface area (Å²) in [5.41, 5.74) is 5.96. The Kier molecular flexibility index (Phi) is 2.24. The highest BCUT2D eigenvalue weighted by Crippen LogP contribution is 2.19. The van der Waals surface area contributed by atoms with Crippen LogP contribution in [0.4, 0.5) is 5.13 Å². The minimum atomic E-state index is 0.0652. The van der Waals surface area contributed by atoms with Gasteiger partial charge in [-0.25, -0.2) is 4.98 Å². The van der Waals surface area contributed by atoms with E-state index in [1.54, 1.807) is 0 Å². The van der Waals surface area contributed by atoms with Crippen molar-refractivity contribution in [1.29, 1.82) is 0 Å². The van der Waals surface area contributed by atoms with E-state index in [1.165, 1.54) is 11.3 Å². The number of rotatable bonds is 2. The molecule has 0 spiro atoms. The van der Waals surface area contributed by atoms with Crippen molar-refractivity contribution in [3.63, 3.8) is 0 Å². The van der Waals surface area contributed by atoms with Crippen LogP contribution in [0.15, 0.2) is 0 Å². The van der Waals surface area contributed by atoms with E-state index in [-0.39, 0.29) is 5.78 Å². The number of hydrogen-bond acceptors (Lipinski definition) is 4. The average molecular weight is 170 g/mol. The first-order chi connectivity index (χ1) is 5.15. The van der Waals surface area contributed by atoms with E-state index in [2.05, 4.69) is 4.98 Å². The van der Waals surface area contributed by atoms with Gasteiger partial charge in [0.15, 0.2) is 10.9 Å². The molecule has 0 aliphatic heterocycles. The Morgan fingerprint density at radius 1 is 1.73 bits per heavy atom. The van der Waals surface area contributed by atoms with Gasteiger partial charge in [-0.15, -0.1) is 11.3 Å². The standard InChI is InChI=1S/C7H10N2OS/c1-3-5(10)6-4(2)11-7(8)9-6/h3H2,1-2H3,(H2,8,9). The summed E-state index contributed by atoms with van der Waals surface area (Å²) < 4.78 is 0. The first-order valence-electron chi connectivity index (χ1n) is 3.41. The largest absolute Gasteiger partial charge is 0.375 e. The van der Waals surface area contributed by atoms with Crippen molar-refractivity contribution < 1.29 is 4.79 Å². The molecule has 0 unspecified atom stereocenters. The summed E-state index contributed by atoms with van der Waals surface area (Å²) in [4.78, 5) is 16.0. The van der Waals surface area contributed by atoms with Gasteiger partial charge in [0.05, 0.1) is 0 Å². The van der Waals surface area contributed by atoms with Gasteiger partial charge in [-0.2, -0.15) is 0 Å². The van der Waals surface area contributed by atoms with E-state index in [9.17, 15) is 4.79 Å². The highest BCUT2D eigenvalue weighted by molar-refractivity contribution is 7.15. The third kappa shape index (κ3) is 1.57. The van der Waals surface area contributed by atoms with Crippen LogP contribution in [0.1, 0.15) is 28.7 Å². The number of aryl methyl sites for hydroxylation is 1. The van der Waals surface area contributed by atoms with Gasteiger partial charge >= 0.3 is 0 Å². The molecule has 0 saturated carbocycles. The summed E-state index contributed by atoms with van der Waals surface area (Å²) in [5.74, 6) is 0.0652. The number of nitrogen functional groups attached to an aromatic ring is 1. The molecule has 2 N–H and O–H groups in total. The number of aromatic nitrogens is 1. The van der Waals surface area contributed by atoms with Gasteiger partial charge < -0.3 is 5.73 Å². The topological polar surface area (TPSA) is 56.0 Å². The molecule has 0 saturated heterocycles. The maximum atomic E-state index is 11.1. The Hall–Kier alpha value is -0.900. The second-order valence-electron chi connectivity index (χ2n) is 2.23. The summed E-state index contributed by atoms with van der Waals surface area (Å²) in [6.45, 7) is 3.67.